The Bertz CT molecular complexity index is 3600. The molecule has 0 bridgehead atoms. The van der Waals surface area contributed by atoms with Gasteiger partial charge in [0.25, 0.3) is 0 Å². The van der Waals surface area contributed by atoms with Gasteiger partial charge in [-0.2, -0.15) is 0 Å². The fourth-order valence-electron chi connectivity index (χ4n) is 11.4. The summed E-state index contributed by atoms with van der Waals surface area (Å²) in [5.74, 6) is 0. The summed E-state index contributed by atoms with van der Waals surface area (Å²) in [6.07, 6.45) is 17.5. The van der Waals surface area contributed by atoms with Crippen molar-refractivity contribution in [1.29, 1.82) is 0 Å². The van der Waals surface area contributed by atoms with Crippen LogP contribution in [0.25, 0.3) is 138 Å². The van der Waals surface area contributed by atoms with E-state index in [0.717, 1.165) is 0 Å². The average Bonchev–Trinajstić information content (AvgIpc) is 4.57. The molecule has 0 aromatic rings. The molecule has 0 nitrogen and oxygen atoms in total. The van der Waals surface area contributed by atoms with Crippen molar-refractivity contribution in [3.05, 3.63) is 384 Å². The molecule has 0 aromatic heterocycles. The first-order chi connectivity index (χ1) is 43.5. The maximum atomic E-state index is 2.23. The lowest BCUT2D eigenvalue weighted by Gasteiger charge is -1.85. The lowest BCUT2D eigenvalue weighted by Crippen LogP contribution is -1.61. The number of rotatable bonds is 8. The zero-order valence-electron chi connectivity index (χ0n) is 49.0. The highest BCUT2D eigenvalue weighted by Crippen LogP contribution is 2.34. The molecule has 88 heavy (non-hydrogen) atoms. The van der Waals surface area contributed by atoms with Crippen LogP contribution < -0.4 is 0 Å². The molecule has 16 rings (SSSR count). The van der Waals surface area contributed by atoms with E-state index >= 15 is 0 Å². The average molecular weight is 1120 g/mol. The van der Waals surface area contributed by atoms with Crippen molar-refractivity contribution in [2.24, 2.45) is 0 Å². The van der Waals surface area contributed by atoms with Crippen molar-refractivity contribution in [2.45, 2.75) is 0 Å². The topological polar surface area (TPSA) is 0 Å². The number of hydrogen-bond donors (Lipinski definition) is 0. The molecule has 0 radical (unpaired) electrons. The second-order valence-corrected chi connectivity index (χ2v) is 22.2. The zero-order valence-corrected chi connectivity index (χ0v) is 49.0. The summed E-state index contributed by atoms with van der Waals surface area (Å²) in [6.45, 7) is 0. The maximum absolute atomic E-state index is 2.23. The fraction of sp³-hybridized carbons (Fsp3) is 0. The molecule has 0 saturated heterocycles. The van der Waals surface area contributed by atoms with E-state index in [4.69, 9.17) is 0 Å². The van der Waals surface area contributed by atoms with Crippen molar-refractivity contribution in [3.8, 4) is 89.0 Å². The van der Waals surface area contributed by atoms with E-state index in [1.807, 2.05) is 0 Å². The van der Waals surface area contributed by atoms with Crippen molar-refractivity contribution in [3.63, 3.8) is 0 Å². The van der Waals surface area contributed by atoms with Gasteiger partial charge in [0.15, 0.2) is 0 Å². The van der Waals surface area contributed by atoms with Crippen LogP contribution in [-0.2, 0) is 0 Å². The maximum Gasteiger partial charge on any atom is -0.0178 e. The van der Waals surface area contributed by atoms with E-state index in [1.54, 1.807) is 0 Å². The van der Waals surface area contributed by atoms with Gasteiger partial charge in [-0.15, -0.1) is 0 Å². The number of fused-ring (bicyclic) bond motifs is 8. The lowest BCUT2D eigenvalue weighted by atomic mass is 10.2. The van der Waals surface area contributed by atoms with Crippen molar-refractivity contribution in [2.75, 3.05) is 0 Å². The summed E-state index contributed by atoms with van der Waals surface area (Å²) in [6, 6.07) is 120. The van der Waals surface area contributed by atoms with Crippen LogP contribution in [0.2, 0.25) is 0 Å². The van der Waals surface area contributed by atoms with Gasteiger partial charge >= 0.3 is 0 Å². The van der Waals surface area contributed by atoms with Crippen LogP contribution in [0, 0.1) is 0 Å². The zero-order chi connectivity index (χ0) is 59.1. The Morgan fingerprint density at radius 1 is 0.102 bits per heavy atom. The molecular formula is C88H64. The van der Waals surface area contributed by atoms with Gasteiger partial charge in [-0.05, 0) is 231 Å². The van der Waals surface area contributed by atoms with Crippen LogP contribution in [0.1, 0.15) is 44.5 Å². The first kappa shape index (κ1) is 55.7. The minimum atomic E-state index is 1.25. The molecule has 0 heteroatoms. The third-order valence-corrected chi connectivity index (χ3v) is 15.9. The summed E-state index contributed by atoms with van der Waals surface area (Å²) < 4.78 is 0. The molecule has 0 saturated carbocycles. The Labute approximate surface area is 518 Å². The Morgan fingerprint density at radius 2 is 0.182 bits per heavy atom. The molecule has 0 spiro atoms. The van der Waals surface area contributed by atoms with Crippen molar-refractivity contribution < 1.29 is 0 Å². The second kappa shape index (κ2) is 27.1. The second-order valence-electron chi connectivity index (χ2n) is 22.2. The molecule has 0 aliphatic heterocycles. The monoisotopic (exact) mass is 1120 g/mol. The van der Waals surface area contributed by atoms with E-state index in [2.05, 4.69) is 388 Å². The summed E-state index contributed by atoms with van der Waals surface area (Å²) in [5.41, 5.74) is 30.5. The molecule has 0 atom stereocenters. The summed E-state index contributed by atoms with van der Waals surface area (Å²) in [7, 11) is 0. The highest BCUT2D eigenvalue weighted by atomic mass is 14.1. The molecule has 0 aromatic carbocycles. The van der Waals surface area contributed by atoms with Crippen LogP contribution in [0.15, 0.2) is 340 Å². The first-order valence-corrected chi connectivity index (χ1v) is 30.2. The summed E-state index contributed by atoms with van der Waals surface area (Å²) in [5, 5.41) is 0. The molecule has 0 fully saturated rings. The third-order valence-electron chi connectivity index (χ3n) is 15.9. The number of hydrogen-bond acceptors (Lipinski definition) is 0. The smallest absolute Gasteiger partial charge is 0.0178 e. The molecule has 0 unspecified atom stereocenters. The third kappa shape index (κ3) is 14.2. The van der Waals surface area contributed by atoms with Gasteiger partial charge in [0.05, 0.1) is 0 Å². The minimum absolute atomic E-state index is 1.25. The van der Waals surface area contributed by atoms with Crippen molar-refractivity contribution >= 4 is 48.6 Å². The minimum Gasteiger partial charge on any atom is -0.0622 e. The van der Waals surface area contributed by atoms with Gasteiger partial charge in [-0.3, -0.25) is 0 Å². The normalized spacial score (nSPS) is 11.5. The Morgan fingerprint density at radius 3 is 0.261 bits per heavy atom. The van der Waals surface area contributed by atoms with Gasteiger partial charge < -0.3 is 0 Å². The molecule has 16 aliphatic rings. The molecule has 16 aliphatic carbocycles. The van der Waals surface area contributed by atoms with E-state index < -0.39 is 0 Å². The van der Waals surface area contributed by atoms with Crippen molar-refractivity contribution in [1.82, 2.24) is 0 Å². The molecule has 0 heterocycles. The largest absolute Gasteiger partial charge is 0.0622 e. The summed E-state index contributed by atoms with van der Waals surface area (Å²) >= 11 is 0. The molecular weight excluding hydrogens is 1060 g/mol. The highest BCUT2D eigenvalue weighted by Gasteiger charge is 2.10. The molecule has 416 valence electrons. The fourth-order valence-corrected chi connectivity index (χ4v) is 11.4. The molecule has 0 amide bonds. The van der Waals surface area contributed by atoms with Gasteiger partial charge in [-0.25, -0.2) is 0 Å². The standard InChI is InChI=1S/4C22H16/c4*1-3-7-19-13-17(14-20(19)8-4-1)11-12-18-15-21-9-5-2-6-10-22(21)16-18/h4*1-16H/b4*12-11-. The quantitative estimate of drug-likeness (QED) is 0.142. The van der Waals surface area contributed by atoms with Crippen LogP contribution >= 0.6 is 0 Å². The molecule has 0 N–H and O–H groups in total. The Hall–Kier alpha value is -11.4. The van der Waals surface area contributed by atoms with E-state index in [1.165, 1.54) is 134 Å². The predicted octanol–water partition coefficient (Wildman–Crippen LogP) is 24.3. The Kier molecular flexibility index (Phi) is 17.1. The van der Waals surface area contributed by atoms with Crippen LogP contribution in [0.4, 0.5) is 0 Å². The van der Waals surface area contributed by atoms with E-state index in [0.29, 0.717) is 0 Å². The van der Waals surface area contributed by atoms with Gasteiger partial charge in [0.1, 0.15) is 0 Å². The van der Waals surface area contributed by atoms with E-state index in [-0.39, 0.29) is 0 Å². The summed E-state index contributed by atoms with van der Waals surface area (Å²) in [4.78, 5) is 0. The lowest BCUT2D eigenvalue weighted by molar-refractivity contribution is 1.82. The van der Waals surface area contributed by atoms with Crippen LogP contribution in [0.3, 0.4) is 0 Å². The van der Waals surface area contributed by atoms with E-state index in [9.17, 15) is 0 Å². The van der Waals surface area contributed by atoms with Gasteiger partial charge in [-0.1, -0.05) is 291 Å². The van der Waals surface area contributed by atoms with Gasteiger partial charge in [0.2, 0.25) is 0 Å². The highest BCUT2D eigenvalue weighted by molar-refractivity contribution is 5.86. The van der Waals surface area contributed by atoms with Crippen LogP contribution in [0.5, 0.6) is 0 Å². The van der Waals surface area contributed by atoms with Gasteiger partial charge in [0, 0.05) is 0 Å². The predicted molar refractivity (Wildman–Crippen MR) is 380 cm³/mol. The van der Waals surface area contributed by atoms with Crippen LogP contribution in [-0.4, -0.2) is 0 Å². The first-order valence-electron chi connectivity index (χ1n) is 30.2. The Balaban J connectivity index is 0.000000108. The SMILES string of the molecule is C(=C/c1cc2cccccc-2c1)/c1cc2cccccc-2c1.C(=C/c1cc2cccccc-2c1)/c1cc2cccccc-2c1.C(=C/c1cc2cccccc-2c1)/c1cc2cccccc-2c1.C(=C/c1cc2cccccc-2c1)/c1cc2cccccc-2c1.